The molecular weight excluding hydrogens is 220 g/mol. The number of nitrogens with one attached hydrogen (secondary N) is 1. The fourth-order valence-electron chi connectivity index (χ4n) is 2.24. The fourth-order valence-corrected chi connectivity index (χ4v) is 2.24. The summed E-state index contributed by atoms with van der Waals surface area (Å²) in [7, 11) is 0. The number of hydrogen-bond donors (Lipinski definition) is 2. The van der Waals surface area contributed by atoms with Gasteiger partial charge in [-0.25, -0.2) is 4.79 Å². The third kappa shape index (κ3) is 3.85. The van der Waals surface area contributed by atoms with Crippen molar-refractivity contribution in [2.45, 2.75) is 37.8 Å². The summed E-state index contributed by atoms with van der Waals surface area (Å²) in [5, 5.41) is 11.2. The maximum atomic E-state index is 11.4. The Morgan fingerprint density at radius 2 is 1.76 bits per heavy atom. The number of carboxylic acid groups (broad SMARTS) is 1. The largest absolute Gasteiger partial charge is 0.478 e. The zero-order valence-electron chi connectivity index (χ0n) is 9.76. The second-order valence-electron chi connectivity index (χ2n) is 4.72. The van der Waals surface area contributed by atoms with Crippen molar-refractivity contribution < 1.29 is 14.7 Å². The molecule has 1 aliphatic heterocycles. The minimum absolute atomic E-state index is 0.191. The van der Waals surface area contributed by atoms with Crippen LogP contribution in [-0.2, 0) is 9.59 Å². The molecule has 0 aromatic rings. The summed E-state index contributed by atoms with van der Waals surface area (Å²) in [6, 6.07) is 0.981. The van der Waals surface area contributed by atoms with Crippen LogP contribution < -0.4 is 5.32 Å². The summed E-state index contributed by atoms with van der Waals surface area (Å²) in [6.07, 6.45) is 6.51. The van der Waals surface area contributed by atoms with Crippen LogP contribution >= 0.6 is 0 Å². The van der Waals surface area contributed by atoms with E-state index in [1.54, 1.807) is 0 Å². The monoisotopic (exact) mass is 238 g/mol. The molecule has 5 heteroatoms. The molecule has 0 bridgehead atoms. The highest BCUT2D eigenvalue weighted by molar-refractivity contribution is 5.93. The Bertz CT molecular complexity index is 329. The highest BCUT2D eigenvalue weighted by atomic mass is 16.4. The van der Waals surface area contributed by atoms with Crippen molar-refractivity contribution in [3.8, 4) is 0 Å². The number of likely N-dealkylation sites (tertiary alicyclic amines) is 1. The molecule has 0 aromatic heterocycles. The van der Waals surface area contributed by atoms with Gasteiger partial charge in [0.25, 0.3) is 0 Å². The van der Waals surface area contributed by atoms with Crippen LogP contribution in [0.1, 0.15) is 25.7 Å². The molecule has 2 aliphatic rings. The summed E-state index contributed by atoms with van der Waals surface area (Å²) < 4.78 is 0. The van der Waals surface area contributed by atoms with Crippen molar-refractivity contribution in [3.05, 3.63) is 12.2 Å². The van der Waals surface area contributed by atoms with Crippen LogP contribution in [0.25, 0.3) is 0 Å². The molecular formula is C12H18N2O3. The number of piperidine rings is 1. The van der Waals surface area contributed by atoms with Crippen molar-refractivity contribution in [2.24, 2.45) is 0 Å². The van der Waals surface area contributed by atoms with E-state index in [4.69, 9.17) is 5.11 Å². The molecule has 0 atom stereocenters. The number of hydrogen-bond acceptors (Lipinski definition) is 3. The lowest BCUT2D eigenvalue weighted by Crippen LogP contribution is -2.44. The van der Waals surface area contributed by atoms with Crippen LogP contribution in [0.2, 0.25) is 0 Å². The van der Waals surface area contributed by atoms with Crippen molar-refractivity contribution in [3.63, 3.8) is 0 Å². The molecule has 2 fully saturated rings. The first kappa shape index (κ1) is 12.1. The number of amides is 1. The highest BCUT2D eigenvalue weighted by Gasteiger charge is 2.31. The van der Waals surface area contributed by atoms with Gasteiger partial charge in [0.15, 0.2) is 0 Å². The van der Waals surface area contributed by atoms with E-state index < -0.39 is 5.97 Å². The van der Waals surface area contributed by atoms with Gasteiger partial charge in [-0.15, -0.1) is 0 Å². The number of carboxylic acids is 1. The van der Waals surface area contributed by atoms with Gasteiger partial charge < -0.3 is 15.3 Å². The Labute approximate surface area is 100 Å². The Morgan fingerprint density at radius 1 is 1.12 bits per heavy atom. The fraction of sp³-hybridized carbons (Fsp3) is 0.667. The summed E-state index contributed by atoms with van der Waals surface area (Å²) in [4.78, 5) is 24.1. The molecule has 5 nitrogen and oxygen atoms in total. The first-order valence-electron chi connectivity index (χ1n) is 6.10. The minimum Gasteiger partial charge on any atom is -0.478 e. The topological polar surface area (TPSA) is 69.6 Å². The van der Waals surface area contributed by atoms with E-state index in [9.17, 15) is 9.59 Å². The molecule has 1 saturated heterocycles. The average Bonchev–Trinajstić information content (AvgIpc) is 3.11. The molecule has 94 valence electrons. The zero-order chi connectivity index (χ0) is 12.3. The van der Waals surface area contributed by atoms with E-state index in [1.807, 2.05) is 0 Å². The second-order valence-corrected chi connectivity index (χ2v) is 4.72. The molecule has 1 heterocycles. The predicted molar refractivity (Wildman–Crippen MR) is 62.5 cm³/mol. The lowest BCUT2D eigenvalue weighted by Gasteiger charge is -2.32. The maximum Gasteiger partial charge on any atom is 0.328 e. The molecule has 0 unspecified atom stereocenters. The molecule has 2 N–H and O–H groups in total. The Hall–Kier alpha value is -1.36. The number of rotatable bonds is 4. The summed E-state index contributed by atoms with van der Waals surface area (Å²) >= 11 is 0. The summed E-state index contributed by atoms with van der Waals surface area (Å²) in [6.45, 7) is 2.08. The van der Waals surface area contributed by atoms with Crippen LogP contribution in [0.3, 0.4) is 0 Å². The molecule has 0 aromatic carbocycles. The Balaban J connectivity index is 1.70. The average molecular weight is 238 g/mol. The third-order valence-corrected chi connectivity index (χ3v) is 3.32. The molecule has 1 saturated carbocycles. The van der Waals surface area contributed by atoms with Crippen LogP contribution in [0, 0.1) is 0 Å². The van der Waals surface area contributed by atoms with Gasteiger partial charge in [-0.3, -0.25) is 4.79 Å². The molecule has 17 heavy (non-hydrogen) atoms. The van der Waals surface area contributed by atoms with Gasteiger partial charge in [-0.1, -0.05) is 0 Å². The van der Waals surface area contributed by atoms with E-state index >= 15 is 0 Å². The van der Waals surface area contributed by atoms with Crippen LogP contribution in [0.15, 0.2) is 12.2 Å². The van der Waals surface area contributed by atoms with Gasteiger partial charge in [0.1, 0.15) is 0 Å². The molecule has 1 amide bonds. The zero-order valence-corrected chi connectivity index (χ0v) is 9.76. The number of carbonyl (C=O) groups is 2. The lowest BCUT2D eigenvalue weighted by atomic mass is 10.0. The first-order valence-corrected chi connectivity index (χ1v) is 6.10. The van der Waals surface area contributed by atoms with E-state index in [0.29, 0.717) is 0 Å². The van der Waals surface area contributed by atoms with Crippen molar-refractivity contribution >= 4 is 11.9 Å². The quantitative estimate of drug-likeness (QED) is 0.694. The normalized spacial score (nSPS) is 22.8. The molecule has 0 radical (unpaired) electrons. The Morgan fingerprint density at radius 3 is 2.29 bits per heavy atom. The Kier molecular flexibility index (Phi) is 3.78. The van der Waals surface area contributed by atoms with Crippen LogP contribution in [-0.4, -0.2) is 47.1 Å². The van der Waals surface area contributed by atoms with Crippen molar-refractivity contribution in [1.29, 1.82) is 0 Å². The summed E-state index contributed by atoms with van der Waals surface area (Å²) in [5.74, 6) is -1.40. The summed E-state index contributed by atoms with van der Waals surface area (Å²) in [5.41, 5.74) is 0. The number of carbonyl (C=O) groups excluding carboxylic acids is 1. The van der Waals surface area contributed by atoms with Crippen LogP contribution in [0.5, 0.6) is 0 Å². The minimum atomic E-state index is -1.09. The van der Waals surface area contributed by atoms with E-state index in [2.05, 4.69) is 10.2 Å². The van der Waals surface area contributed by atoms with Gasteiger partial charge in [0, 0.05) is 37.3 Å². The second kappa shape index (κ2) is 5.31. The predicted octanol–water partition coefficient (Wildman–Crippen LogP) is 0.370. The SMILES string of the molecule is O=C(O)/C=C/C(=O)NC1CCN(C2CC2)CC1. The van der Waals surface area contributed by atoms with Crippen molar-refractivity contribution in [1.82, 2.24) is 10.2 Å². The first-order chi connectivity index (χ1) is 8.15. The van der Waals surface area contributed by atoms with Gasteiger partial charge in [-0.2, -0.15) is 0 Å². The van der Waals surface area contributed by atoms with Gasteiger partial charge in [0.05, 0.1) is 0 Å². The smallest absolute Gasteiger partial charge is 0.328 e. The van der Waals surface area contributed by atoms with E-state index in [-0.39, 0.29) is 11.9 Å². The molecule has 1 aliphatic carbocycles. The standard InChI is InChI=1S/C12H18N2O3/c15-11(3-4-12(16)17)13-9-5-7-14(8-6-9)10-1-2-10/h3-4,9-10H,1-2,5-8H2,(H,13,15)(H,16,17)/b4-3+. The highest BCUT2D eigenvalue weighted by Crippen LogP contribution is 2.29. The number of aliphatic carboxylic acids is 1. The third-order valence-electron chi connectivity index (χ3n) is 3.32. The maximum absolute atomic E-state index is 11.4. The molecule has 0 spiro atoms. The van der Waals surface area contributed by atoms with Gasteiger partial charge in [-0.05, 0) is 25.7 Å². The van der Waals surface area contributed by atoms with E-state index in [1.165, 1.54) is 12.8 Å². The van der Waals surface area contributed by atoms with Crippen LogP contribution in [0.4, 0.5) is 0 Å². The van der Waals surface area contributed by atoms with Crippen molar-refractivity contribution in [2.75, 3.05) is 13.1 Å². The van der Waals surface area contributed by atoms with Gasteiger partial charge in [0.2, 0.25) is 5.91 Å². The molecule has 2 rings (SSSR count). The van der Waals surface area contributed by atoms with Gasteiger partial charge >= 0.3 is 5.97 Å². The number of nitrogens with zero attached hydrogens (tertiary/aromatic N) is 1. The van der Waals surface area contributed by atoms with E-state index in [0.717, 1.165) is 44.1 Å². The lowest BCUT2D eigenvalue weighted by molar-refractivity contribution is -0.131.